The van der Waals surface area contributed by atoms with Crippen LogP contribution in [0.4, 0.5) is 0 Å². The Morgan fingerprint density at radius 3 is 2.80 bits per heavy atom. The predicted octanol–water partition coefficient (Wildman–Crippen LogP) is 2.60. The maximum atomic E-state index is 5.46. The van der Waals surface area contributed by atoms with Crippen molar-refractivity contribution < 1.29 is 4.74 Å². The van der Waals surface area contributed by atoms with Gasteiger partial charge in [-0.15, -0.1) is 0 Å². The van der Waals surface area contributed by atoms with E-state index in [-0.39, 0.29) is 0 Å². The number of hydrogen-bond donors (Lipinski definition) is 0. The molecule has 60 valence electrons. The summed E-state index contributed by atoms with van der Waals surface area (Å²) in [7, 11) is 0. The highest BCUT2D eigenvalue weighted by atomic mass is 16.5. The lowest BCUT2D eigenvalue weighted by Gasteiger charge is -2.12. The molecule has 0 N–H and O–H groups in total. The van der Waals surface area contributed by atoms with Crippen LogP contribution in [0.2, 0.25) is 0 Å². The van der Waals surface area contributed by atoms with E-state index in [0.29, 0.717) is 6.10 Å². The van der Waals surface area contributed by atoms with E-state index in [2.05, 4.69) is 13.8 Å². The number of unbranched alkanes of at least 4 members (excludes halogenated alkanes) is 1. The molecule has 1 heteroatoms. The Bertz CT molecular complexity index is 90.7. The molecule has 10 heavy (non-hydrogen) atoms. The minimum Gasteiger partial charge on any atom is -0.378 e. The molecule has 0 aromatic rings. The molecule has 0 aromatic carbocycles. The lowest BCUT2D eigenvalue weighted by Crippen LogP contribution is -2.10. The van der Waals surface area contributed by atoms with Crippen LogP contribution in [0.25, 0.3) is 0 Å². The minimum atomic E-state index is 0.534. The molecule has 0 spiro atoms. The van der Waals surface area contributed by atoms with Crippen molar-refractivity contribution in [3.63, 3.8) is 0 Å². The van der Waals surface area contributed by atoms with Crippen molar-refractivity contribution in [2.75, 3.05) is 6.61 Å². The summed E-state index contributed by atoms with van der Waals surface area (Å²) >= 11 is 0. The molecule has 1 fully saturated rings. The van der Waals surface area contributed by atoms with Crippen LogP contribution in [0.15, 0.2) is 0 Å². The van der Waals surface area contributed by atoms with Gasteiger partial charge in [-0.3, -0.25) is 0 Å². The van der Waals surface area contributed by atoms with E-state index >= 15 is 0 Å². The van der Waals surface area contributed by atoms with Crippen molar-refractivity contribution in [2.24, 2.45) is 5.92 Å². The Morgan fingerprint density at radius 1 is 1.50 bits per heavy atom. The third-order valence-corrected chi connectivity index (χ3v) is 2.46. The predicted molar refractivity (Wildman–Crippen MR) is 43.0 cm³/mol. The van der Waals surface area contributed by atoms with E-state index in [1.807, 2.05) is 0 Å². The summed E-state index contributed by atoms with van der Waals surface area (Å²) in [6.07, 6.45) is 5.90. The lowest BCUT2D eigenvalue weighted by atomic mass is 9.96. The summed E-state index contributed by atoms with van der Waals surface area (Å²) in [5, 5.41) is 0. The average molecular weight is 142 g/mol. The Kier molecular flexibility index (Phi) is 3.20. The quantitative estimate of drug-likeness (QED) is 0.588. The normalized spacial score (nSPS) is 33.0. The molecule has 0 saturated carbocycles. The summed E-state index contributed by atoms with van der Waals surface area (Å²) in [6, 6.07) is 0. The van der Waals surface area contributed by atoms with Gasteiger partial charge in [0.2, 0.25) is 0 Å². The molecule has 1 aliphatic rings. The highest BCUT2D eigenvalue weighted by molar-refractivity contribution is 4.71. The van der Waals surface area contributed by atoms with Crippen molar-refractivity contribution in [1.29, 1.82) is 0 Å². The van der Waals surface area contributed by atoms with Crippen LogP contribution >= 0.6 is 0 Å². The van der Waals surface area contributed by atoms with Crippen molar-refractivity contribution in [2.45, 2.75) is 45.6 Å². The van der Waals surface area contributed by atoms with Gasteiger partial charge < -0.3 is 4.74 Å². The van der Waals surface area contributed by atoms with Gasteiger partial charge in [0.15, 0.2) is 0 Å². The molecular weight excluding hydrogens is 124 g/mol. The van der Waals surface area contributed by atoms with Crippen LogP contribution in [-0.2, 0) is 4.74 Å². The number of rotatable bonds is 3. The van der Waals surface area contributed by atoms with E-state index in [0.717, 1.165) is 12.5 Å². The third kappa shape index (κ3) is 1.98. The molecule has 0 aromatic heterocycles. The summed E-state index contributed by atoms with van der Waals surface area (Å²) in [4.78, 5) is 0. The zero-order valence-electron chi connectivity index (χ0n) is 7.10. The Balaban J connectivity index is 2.14. The van der Waals surface area contributed by atoms with Gasteiger partial charge in [-0.1, -0.05) is 19.8 Å². The van der Waals surface area contributed by atoms with Crippen molar-refractivity contribution >= 4 is 0 Å². The summed E-state index contributed by atoms with van der Waals surface area (Å²) < 4.78 is 5.46. The molecule has 0 bridgehead atoms. The summed E-state index contributed by atoms with van der Waals surface area (Å²) in [5.74, 6) is 0.861. The second-order valence-electron chi connectivity index (χ2n) is 3.27. The monoisotopic (exact) mass is 142 g/mol. The molecular formula is C9H18O. The molecule has 1 rings (SSSR count). The van der Waals surface area contributed by atoms with Gasteiger partial charge in [-0.2, -0.15) is 0 Å². The first kappa shape index (κ1) is 8.06. The molecule has 0 unspecified atom stereocenters. The van der Waals surface area contributed by atoms with Crippen molar-refractivity contribution in [3.05, 3.63) is 0 Å². The molecule has 0 radical (unpaired) electrons. The first-order valence-corrected chi connectivity index (χ1v) is 4.46. The van der Waals surface area contributed by atoms with Crippen molar-refractivity contribution in [1.82, 2.24) is 0 Å². The standard InChI is InChI=1S/C9H18O/c1-3-4-5-9-6-7-10-8(9)2/h8-9H,3-7H2,1-2H3/t8-,9-/m1/s1. The minimum absolute atomic E-state index is 0.534. The zero-order chi connectivity index (χ0) is 7.40. The number of hydrogen-bond acceptors (Lipinski definition) is 1. The molecule has 1 aliphatic heterocycles. The second-order valence-corrected chi connectivity index (χ2v) is 3.27. The summed E-state index contributed by atoms with van der Waals surface area (Å²) in [5.41, 5.74) is 0. The molecule has 0 amide bonds. The third-order valence-electron chi connectivity index (χ3n) is 2.46. The van der Waals surface area contributed by atoms with Crippen LogP contribution in [0, 0.1) is 5.92 Å². The second kappa shape index (κ2) is 3.97. The molecule has 2 atom stereocenters. The highest BCUT2D eigenvalue weighted by Crippen LogP contribution is 2.25. The van der Waals surface area contributed by atoms with Crippen molar-refractivity contribution in [3.8, 4) is 0 Å². The van der Waals surface area contributed by atoms with Crippen LogP contribution in [0.1, 0.15) is 39.5 Å². The van der Waals surface area contributed by atoms with Crippen LogP contribution in [0.3, 0.4) is 0 Å². The molecule has 1 saturated heterocycles. The van der Waals surface area contributed by atoms with E-state index in [1.54, 1.807) is 0 Å². The largest absolute Gasteiger partial charge is 0.378 e. The van der Waals surface area contributed by atoms with E-state index in [9.17, 15) is 0 Å². The van der Waals surface area contributed by atoms with Gasteiger partial charge >= 0.3 is 0 Å². The van der Waals surface area contributed by atoms with Crippen LogP contribution < -0.4 is 0 Å². The number of ether oxygens (including phenoxy) is 1. The van der Waals surface area contributed by atoms with Gasteiger partial charge in [0.25, 0.3) is 0 Å². The van der Waals surface area contributed by atoms with E-state index in [4.69, 9.17) is 4.74 Å². The average Bonchev–Trinajstić information content (AvgIpc) is 2.31. The maximum absolute atomic E-state index is 5.46. The Labute approximate surface area is 63.8 Å². The first-order valence-electron chi connectivity index (χ1n) is 4.46. The van der Waals surface area contributed by atoms with Crippen LogP contribution in [0.5, 0.6) is 0 Å². The topological polar surface area (TPSA) is 9.23 Å². The molecule has 1 nitrogen and oxygen atoms in total. The summed E-state index contributed by atoms with van der Waals surface area (Å²) in [6.45, 7) is 5.45. The fraction of sp³-hybridized carbons (Fsp3) is 1.00. The Morgan fingerprint density at radius 2 is 2.30 bits per heavy atom. The van der Waals surface area contributed by atoms with Gasteiger partial charge in [0, 0.05) is 6.61 Å². The highest BCUT2D eigenvalue weighted by Gasteiger charge is 2.22. The molecule has 0 aliphatic carbocycles. The first-order chi connectivity index (χ1) is 4.84. The fourth-order valence-electron chi connectivity index (χ4n) is 1.62. The van der Waals surface area contributed by atoms with E-state index < -0.39 is 0 Å². The molecule has 1 heterocycles. The van der Waals surface area contributed by atoms with Gasteiger partial charge in [-0.25, -0.2) is 0 Å². The van der Waals surface area contributed by atoms with Crippen LogP contribution in [-0.4, -0.2) is 12.7 Å². The SMILES string of the molecule is CCCC[C@@H]1CCO[C@@H]1C. The maximum Gasteiger partial charge on any atom is 0.0575 e. The Hall–Kier alpha value is -0.0400. The lowest BCUT2D eigenvalue weighted by molar-refractivity contribution is 0.103. The van der Waals surface area contributed by atoms with Gasteiger partial charge in [0.05, 0.1) is 6.10 Å². The van der Waals surface area contributed by atoms with E-state index in [1.165, 1.54) is 25.7 Å². The zero-order valence-corrected chi connectivity index (χ0v) is 7.10. The van der Waals surface area contributed by atoms with Gasteiger partial charge in [0.1, 0.15) is 0 Å². The fourth-order valence-corrected chi connectivity index (χ4v) is 1.62. The van der Waals surface area contributed by atoms with Gasteiger partial charge in [-0.05, 0) is 25.7 Å². The smallest absolute Gasteiger partial charge is 0.0575 e.